The van der Waals surface area contributed by atoms with Crippen LogP contribution in [0, 0.1) is 11.3 Å². The molecule has 1 saturated heterocycles. The van der Waals surface area contributed by atoms with Crippen LogP contribution in [0.25, 0.3) is 0 Å². The van der Waals surface area contributed by atoms with E-state index in [0.717, 1.165) is 32.7 Å². The number of hydrogen-bond acceptors (Lipinski definition) is 3. The zero-order chi connectivity index (χ0) is 12.2. The summed E-state index contributed by atoms with van der Waals surface area (Å²) in [4.78, 5) is 0. The molecule has 16 heavy (non-hydrogen) atoms. The first kappa shape index (κ1) is 13.9. The summed E-state index contributed by atoms with van der Waals surface area (Å²) in [5.74, 6) is 0.567. The molecule has 0 aromatic carbocycles. The molecule has 0 radical (unpaired) electrons. The van der Waals surface area contributed by atoms with Crippen molar-refractivity contribution in [1.82, 2.24) is 5.32 Å². The molecule has 0 bridgehead atoms. The fraction of sp³-hybridized carbons (Fsp3) is 1.00. The third-order valence-electron chi connectivity index (χ3n) is 3.27. The zero-order valence-corrected chi connectivity index (χ0v) is 11.3. The summed E-state index contributed by atoms with van der Waals surface area (Å²) in [5, 5.41) is 3.63. The van der Waals surface area contributed by atoms with Crippen molar-refractivity contribution in [2.45, 2.75) is 46.1 Å². The van der Waals surface area contributed by atoms with Crippen LogP contribution in [0.3, 0.4) is 0 Å². The minimum atomic E-state index is 0.172. The molecular formula is C13H28N2O. The largest absolute Gasteiger partial charge is 0.379 e. The van der Waals surface area contributed by atoms with Gasteiger partial charge in [0.1, 0.15) is 0 Å². The van der Waals surface area contributed by atoms with E-state index in [4.69, 9.17) is 10.5 Å². The molecule has 1 aliphatic rings. The second-order valence-corrected chi connectivity index (χ2v) is 6.61. The van der Waals surface area contributed by atoms with E-state index in [1.54, 1.807) is 0 Å². The molecule has 0 amide bonds. The van der Waals surface area contributed by atoms with Crippen molar-refractivity contribution in [2.24, 2.45) is 17.1 Å². The molecule has 2 atom stereocenters. The smallest absolute Gasteiger partial charge is 0.0646 e. The standard InChI is InChI=1S/C13H28N2O/c1-12(2,3)7-11(8-14)9-15-13(4)5-6-16-10-13/h11,15H,5-10,14H2,1-4H3. The molecule has 3 N–H and O–H groups in total. The number of rotatable bonds is 5. The SMILES string of the molecule is CC(C)(C)CC(CN)CNC1(C)CCOC1. The van der Waals surface area contributed by atoms with E-state index in [0.29, 0.717) is 11.3 Å². The molecule has 96 valence electrons. The highest BCUT2D eigenvalue weighted by Crippen LogP contribution is 2.24. The van der Waals surface area contributed by atoms with Gasteiger partial charge in [-0.15, -0.1) is 0 Å². The maximum absolute atomic E-state index is 5.84. The minimum Gasteiger partial charge on any atom is -0.379 e. The van der Waals surface area contributed by atoms with Crippen LogP contribution in [0.4, 0.5) is 0 Å². The molecule has 1 heterocycles. The topological polar surface area (TPSA) is 47.3 Å². The summed E-state index contributed by atoms with van der Waals surface area (Å²) >= 11 is 0. The van der Waals surface area contributed by atoms with Gasteiger partial charge in [0.2, 0.25) is 0 Å². The number of nitrogens with one attached hydrogen (secondary N) is 1. The minimum absolute atomic E-state index is 0.172. The van der Waals surface area contributed by atoms with Crippen molar-refractivity contribution in [3.05, 3.63) is 0 Å². The van der Waals surface area contributed by atoms with E-state index in [-0.39, 0.29) is 5.54 Å². The predicted octanol–water partition coefficient (Wildman–Crippen LogP) is 1.77. The fourth-order valence-electron chi connectivity index (χ4n) is 2.30. The first-order valence-electron chi connectivity index (χ1n) is 6.37. The number of ether oxygens (including phenoxy) is 1. The molecule has 0 aliphatic carbocycles. The Kier molecular flexibility index (Phi) is 4.77. The third-order valence-corrected chi connectivity index (χ3v) is 3.27. The normalized spacial score (nSPS) is 28.3. The van der Waals surface area contributed by atoms with Crippen LogP contribution in [0.1, 0.15) is 40.5 Å². The van der Waals surface area contributed by atoms with Crippen LogP contribution in [0.5, 0.6) is 0 Å². The van der Waals surface area contributed by atoms with Gasteiger partial charge in [0.25, 0.3) is 0 Å². The van der Waals surface area contributed by atoms with E-state index in [1.165, 1.54) is 6.42 Å². The molecule has 3 nitrogen and oxygen atoms in total. The zero-order valence-electron chi connectivity index (χ0n) is 11.3. The van der Waals surface area contributed by atoms with Crippen molar-refractivity contribution in [2.75, 3.05) is 26.3 Å². The molecule has 0 aromatic rings. The van der Waals surface area contributed by atoms with E-state index < -0.39 is 0 Å². The molecule has 1 fully saturated rings. The highest BCUT2D eigenvalue weighted by molar-refractivity contribution is 4.88. The third kappa shape index (κ3) is 4.81. The maximum atomic E-state index is 5.84. The van der Waals surface area contributed by atoms with Crippen molar-refractivity contribution >= 4 is 0 Å². The van der Waals surface area contributed by atoms with Gasteiger partial charge in [-0.25, -0.2) is 0 Å². The Labute approximate surface area is 100 Å². The molecule has 3 heteroatoms. The van der Waals surface area contributed by atoms with Crippen LogP contribution < -0.4 is 11.1 Å². The van der Waals surface area contributed by atoms with Gasteiger partial charge in [-0.05, 0) is 44.2 Å². The molecule has 2 unspecified atom stereocenters. The molecule has 0 saturated carbocycles. The Hall–Kier alpha value is -0.120. The van der Waals surface area contributed by atoms with Gasteiger partial charge in [-0.2, -0.15) is 0 Å². The van der Waals surface area contributed by atoms with Gasteiger partial charge in [0, 0.05) is 12.1 Å². The number of nitrogens with two attached hydrogens (primary N) is 1. The van der Waals surface area contributed by atoms with Crippen molar-refractivity contribution < 1.29 is 4.74 Å². The fourth-order valence-corrected chi connectivity index (χ4v) is 2.30. The van der Waals surface area contributed by atoms with Crippen LogP contribution in [0.2, 0.25) is 0 Å². The summed E-state index contributed by atoms with van der Waals surface area (Å²) in [6.07, 6.45) is 2.28. The lowest BCUT2D eigenvalue weighted by molar-refractivity contribution is 0.167. The van der Waals surface area contributed by atoms with Crippen LogP contribution in [-0.4, -0.2) is 31.8 Å². The second kappa shape index (κ2) is 5.48. The van der Waals surface area contributed by atoms with E-state index >= 15 is 0 Å². The summed E-state index contributed by atoms with van der Waals surface area (Å²) in [7, 11) is 0. The van der Waals surface area contributed by atoms with Crippen LogP contribution in [-0.2, 0) is 4.74 Å². The molecule has 1 aliphatic heterocycles. The van der Waals surface area contributed by atoms with E-state index in [9.17, 15) is 0 Å². The average Bonchev–Trinajstić information content (AvgIpc) is 2.58. The highest BCUT2D eigenvalue weighted by atomic mass is 16.5. The van der Waals surface area contributed by atoms with Gasteiger partial charge in [-0.3, -0.25) is 0 Å². The Morgan fingerprint density at radius 1 is 1.44 bits per heavy atom. The lowest BCUT2D eigenvalue weighted by Gasteiger charge is -2.30. The van der Waals surface area contributed by atoms with Gasteiger partial charge in [0.15, 0.2) is 0 Å². The van der Waals surface area contributed by atoms with Crippen LogP contribution in [0.15, 0.2) is 0 Å². The monoisotopic (exact) mass is 228 g/mol. The van der Waals surface area contributed by atoms with Gasteiger partial charge < -0.3 is 15.8 Å². The van der Waals surface area contributed by atoms with Crippen LogP contribution >= 0.6 is 0 Å². The second-order valence-electron chi connectivity index (χ2n) is 6.61. The summed E-state index contributed by atoms with van der Waals surface area (Å²) in [6.45, 7) is 12.6. The molecular weight excluding hydrogens is 200 g/mol. The van der Waals surface area contributed by atoms with Crippen molar-refractivity contribution in [1.29, 1.82) is 0 Å². The van der Waals surface area contributed by atoms with Crippen molar-refractivity contribution in [3.8, 4) is 0 Å². The molecule has 0 aromatic heterocycles. The predicted molar refractivity (Wildman–Crippen MR) is 68.5 cm³/mol. The first-order valence-corrected chi connectivity index (χ1v) is 6.37. The van der Waals surface area contributed by atoms with E-state index in [1.807, 2.05) is 0 Å². The van der Waals surface area contributed by atoms with Crippen molar-refractivity contribution in [3.63, 3.8) is 0 Å². The summed E-state index contributed by atoms with van der Waals surface area (Å²) in [5.41, 5.74) is 6.37. The summed E-state index contributed by atoms with van der Waals surface area (Å²) < 4.78 is 5.43. The Balaban J connectivity index is 2.33. The van der Waals surface area contributed by atoms with Gasteiger partial charge in [-0.1, -0.05) is 20.8 Å². The average molecular weight is 228 g/mol. The lowest BCUT2D eigenvalue weighted by Crippen LogP contribution is -2.46. The first-order chi connectivity index (χ1) is 7.35. The lowest BCUT2D eigenvalue weighted by atomic mass is 9.84. The van der Waals surface area contributed by atoms with Gasteiger partial charge in [0.05, 0.1) is 6.61 Å². The molecule has 1 rings (SSSR count). The van der Waals surface area contributed by atoms with Gasteiger partial charge >= 0.3 is 0 Å². The van der Waals surface area contributed by atoms with E-state index in [2.05, 4.69) is 33.0 Å². The Morgan fingerprint density at radius 3 is 2.56 bits per heavy atom. The highest BCUT2D eigenvalue weighted by Gasteiger charge is 2.30. The Bertz CT molecular complexity index is 204. The Morgan fingerprint density at radius 2 is 2.12 bits per heavy atom. The number of hydrogen-bond donors (Lipinski definition) is 2. The molecule has 0 spiro atoms. The quantitative estimate of drug-likeness (QED) is 0.754. The summed E-state index contributed by atoms with van der Waals surface area (Å²) in [6, 6.07) is 0. The maximum Gasteiger partial charge on any atom is 0.0646 e.